The monoisotopic (exact) mass is 307 g/mol. The van der Waals surface area contributed by atoms with Gasteiger partial charge in [0.1, 0.15) is 17.5 Å². The highest BCUT2D eigenvalue weighted by Crippen LogP contribution is 2.27. The molecule has 2 aromatic carbocycles. The SMILES string of the molecule is NCC#Cc1cc(F)ccc1CSc1cc(F)ccc1F. The average Bonchev–Trinajstić information content (AvgIpc) is 2.47. The molecule has 0 fully saturated rings. The minimum atomic E-state index is -0.499. The van der Waals surface area contributed by atoms with Crippen LogP contribution in [0.3, 0.4) is 0 Å². The predicted octanol–water partition coefficient (Wildman–Crippen LogP) is 3.71. The molecule has 0 saturated carbocycles. The Bertz CT molecular complexity index is 704. The fourth-order valence-corrected chi connectivity index (χ4v) is 2.65. The number of benzene rings is 2. The van der Waals surface area contributed by atoms with Crippen molar-refractivity contribution in [3.05, 3.63) is 65.0 Å². The first-order valence-electron chi connectivity index (χ1n) is 6.15. The second-order valence-corrected chi connectivity index (χ2v) is 5.19. The van der Waals surface area contributed by atoms with E-state index in [9.17, 15) is 13.2 Å². The Kier molecular flexibility index (Phi) is 5.32. The largest absolute Gasteiger partial charge is 0.320 e. The first-order valence-corrected chi connectivity index (χ1v) is 7.14. The molecule has 0 aromatic heterocycles. The zero-order valence-electron chi connectivity index (χ0n) is 11.0. The van der Waals surface area contributed by atoms with E-state index in [0.29, 0.717) is 11.3 Å². The summed E-state index contributed by atoms with van der Waals surface area (Å²) in [7, 11) is 0. The fourth-order valence-electron chi connectivity index (χ4n) is 1.68. The zero-order chi connectivity index (χ0) is 15.2. The summed E-state index contributed by atoms with van der Waals surface area (Å²) in [6.45, 7) is 0.168. The summed E-state index contributed by atoms with van der Waals surface area (Å²) in [6, 6.07) is 7.48. The van der Waals surface area contributed by atoms with E-state index in [4.69, 9.17) is 5.73 Å². The van der Waals surface area contributed by atoms with Gasteiger partial charge in [0.05, 0.1) is 6.54 Å². The lowest BCUT2D eigenvalue weighted by molar-refractivity contribution is 0.577. The molecule has 5 heteroatoms. The number of hydrogen-bond acceptors (Lipinski definition) is 2. The zero-order valence-corrected chi connectivity index (χ0v) is 11.8. The summed E-state index contributed by atoms with van der Waals surface area (Å²) in [4.78, 5) is 0.206. The van der Waals surface area contributed by atoms with E-state index in [1.807, 2.05) is 0 Å². The van der Waals surface area contributed by atoms with Crippen LogP contribution in [0, 0.1) is 29.3 Å². The van der Waals surface area contributed by atoms with E-state index < -0.39 is 17.5 Å². The summed E-state index contributed by atoms with van der Waals surface area (Å²) >= 11 is 1.13. The van der Waals surface area contributed by atoms with Gasteiger partial charge >= 0.3 is 0 Å². The van der Waals surface area contributed by atoms with Crippen molar-refractivity contribution in [3.63, 3.8) is 0 Å². The van der Waals surface area contributed by atoms with Crippen molar-refractivity contribution in [2.75, 3.05) is 6.54 Å². The average molecular weight is 307 g/mol. The van der Waals surface area contributed by atoms with Gasteiger partial charge in [-0.3, -0.25) is 0 Å². The lowest BCUT2D eigenvalue weighted by atomic mass is 10.1. The summed E-state index contributed by atoms with van der Waals surface area (Å²) in [5, 5.41) is 0. The van der Waals surface area contributed by atoms with Crippen LogP contribution in [0.5, 0.6) is 0 Å². The van der Waals surface area contributed by atoms with Gasteiger partial charge in [0.15, 0.2) is 0 Å². The molecule has 0 saturated heterocycles. The standard InChI is InChI=1S/C16H12F3NS/c17-13-4-3-12(11(8-13)2-1-7-20)10-21-16-9-14(18)5-6-15(16)19/h3-6,8-9H,7,10,20H2. The quantitative estimate of drug-likeness (QED) is 0.691. The second-order valence-electron chi connectivity index (χ2n) is 4.17. The minimum absolute atomic E-state index is 0.168. The van der Waals surface area contributed by atoms with E-state index in [0.717, 1.165) is 35.5 Å². The van der Waals surface area contributed by atoms with Gasteiger partial charge < -0.3 is 5.73 Å². The molecule has 2 rings (SSSR count). The van der Waals surface area contributed by atoms with Crippen molar-refractivity contribution in [2.45, 2.75) is 10.6 Å². The van der Waals surface area contributed by atoms with Crippen LogP contribution < -0.4 is 5.73 Å². The van der Waals surface area contributed by atoms with Crippen molar-refractivity contribution in [1.29, 1.82) is 0 Å². The maximum absolute atomic E-state index is 13.5. The molecule has 0 aliphatic rings. The van der Waals surface area contributed by atoms with Crippen molar-refractivity contribution in [3.8, 4) is 11.8 Å². The Balaban J connectivity index is 2.21. The van der Waals surface area contributed by atoms with Crippen molar-refractivity contribution in [1.82, 2.24) is 0 Å². The molecule has 0 amide bonds. The Hall–Kier alpha value is -1.90. The molecule has 0 heterocycles. The number of nitrogens with two attached hydrogens (primary N) is 1. The highest BCUT2D eigenvalue weighted by molar-refractivity contribution is 7.98. The van der Waals surface area contributed by atoms with E-state index in [1.54, 1.807) is 6.07 Å². The van der Waals surface area contributed by atoms with Gasteiger partial charge in [-0.2, -0.15) is 0 Å². The van der Waals surface area contributed by atoms with Crippen LogP contribution in [0.1, 0.15) is 11.1 Å². The highest BCUT2D eigenvalue weighted by Gasteiger charge is 2.07. The third-order valence-corrected chi connectivity index (χ3v) is 3.75. The van der Waals surface area contributed by atoms with E-state index >= 15 is 0 Å². The van der Waals surface area contributed by atoms with Crippen LogP contribution in [-0.4, -0.2) is 6.54 Å². The molecule has 2 N–H and O–H groups in total. The van der Waals surface area contributed by atoms with Crippen molar-refractivity contribution >= 4 is 11.8 Å². The van der Waals surface area contributed by atoms with Gasteiger partial charge in [-0.1, -0.05) is 17.9 Å². The number of rotatable bonds is 3. The Morgan fingerprint density at radius 3 is 2.48 bits per heavy atom. The van der Waals surface area contributed by atoms with Crippen molar-refractivity contribution in [2.24, 2.45) is 5.73 Å². The van der Waals surface area contributed by atoms with Crippen LogP contribution in [0.15, 0.2) is 41.3 Å². The Morgan fingerprint density at radius 1 is 1.00 bits per heavy atom. The van der Waals surface area contributed by atoms with E-state index in [2.05, 4.69) is 11.8 Å². The molecule has 2 aromatic rings. The molecule has 0 spiro atoms. The molecule has 0 aliphatic heterocycles. The Morgan fingerprint density at radius 2 is 1.71 bits per heavy atom. The smallest absolute Gasteiger partial charge is 0.136 e. The predicted molar refractivity (Wildman–Crippen MR) is 78.3 cm³/mol. The van der Waals surface area contributed by atoms with Gasteiger partial charge in [-0.25, -0.2) is 13.2 Å². The number of hydrogen-bond donors (Lipinski definition) is 1. The summed E-state index contributed by atoms with van der Waals surface area (Å²) in [5.41, 5.74) is 6.55. The molecule has 108 valence electrons. The summed E-state index contributed by atoms with van der Waals surface area (Å²) < 4.78 is 39.9. The van der Waals surface area contributed by atoms with Crippen LogP contribution >= 0.6 is 11.8 Å². The van der Waals surface area contributed by atoms with Gasteiger partial charge in [0.25, 0.3) is 0 Å². The molecule has 1 nitrogen and oxygen atoms in total. The van der Waals surface area contributed by atoms with Crippen LogP contribution in [0.25, 0.3) is 0 Å². The molecule has 0 aliphatic carbocycles. The first kappa shape index (κ1) is 15.5. The molecule has 0 atom stereocenters. The molecule has 21 heavy (non-hydrogen) atoms. The maximum atomic E-state index is 13.5. The highest BCUT2D eigenvalue weighted by atomic mass is 32.2. The van der Waals surface area contributed by atoms with Crippen LogP contribution in [-0.2, 0) is 5.75 Å². The number of halogens is 3. The fraction of sp³-hybridized carbons (Fsp3) is 0.125. The first-order chi connectivity index (χ1) is 10.1. The van der Waals surface area contributed by atoms with E-state index in [1.165, 1.54) is 12.1 Å². The molecular formula is C16H12F3NS. The van der Waals surface area contributed by atoms with Gasteiger partial charge in [-0.15, -0.1) is 11.8 Å². The third kappa shape index (κ3) is 4.28. The maximum Gasteiger partial charge on any atom is 0.136 e. The molecular weight excluding hydrogens is 295 g/mol. The lowest BCUT2D eigenvalue weighted by Crippen LogP contribution is -1.95. The van der Waals surface area contributed by atoms with Gasteiger partial charge in [0, 0.05) is 16.2 Å². The summed E-state index contributed by atoms with van der Waals surface area (Å²) in [5.74, 6) is 4.41. The number of thioether (sulfide) groups is 1. The topological polar surface area (TPSA) is 26.0 Å². The van der Waals surface area contributed by atoms with Crippen LogP contribution in [0.2, 0.25) is 0 Å². The van der Waals surface area contributed by atoms with Gasteiger partial charge in [-0.05, 0) is 35.9 Å². The van der Waals surface area contributed by atoms with Crippen molar-refractivity contribution < 1.29 is 13.2 Å². The summed E-state index contributed by atoms with van der Waals surface area (Å²) in [6.07, 6.45) is 0. The minimum Gasteiger partial charge on any atom is -0.320 e. The molecule has 0 unspecified atom stereocenters. The molecule has 0 bridgehead atoms. The van der Waals surface area contributed by atoms with Gasteiger partial charge in [0.2, 0.25) is 0 Å². The van der Waals surface area contributed by atoms with E-state index in [-0.39, 0.29) is 11.4 Å². The Labute approximate surface area is 125 Å². The normalized spacial score (nSPS) is 10.1. The molecule has 0 radical (unpaired) electrons. The lowest BCUT2D eigenvalue weighted by Gasteiger charge is -2.06. The second kappa shape index (κ2) is 7.21. The third-order valence-electron chi connectivity index (χ3n) is 2.67. The van der Waals surface area contributed by atoms with Crippen LogP contribution in [0.4, 0.5) is 13.2 Å².